The van der Waals surface area contributed by atoms with Crippen molar-refractivity contribution in [2.75, 3.05) is 13.1 Å². The Morgan fingerprint density at radius 1 is 0.587 bits per heavy atom. The molecule has 5 N–H and O–H groups in total. The van der Waals surface area contributed by atoms with Crippen molar-refractivity contribution in [3.63, 3.8) is 0 Å². The molecule has 0 aliphatic carbocycles. The maximum atomic E-state index is 12.9. The van der Waals surface area contributed by atoms with Crippen molar-refractivity contribution in [1.29, 1.82) is 5.41 Å². The zero-order valence-electron chi connectivity index (χ0n) is 29.9. The zero-order valence-corrected chi connectivity index (χ0v) is 29.9. The highest BCUT2D eigenvalue weighted by Crippen LogP contribution is 2.14. The molecule has 10 heteroatoms. The first-order valence-electron chi connectivity index (χ1n) is 19.2. The van der Waals surface area contributed by atoms with Gasteiger partial charge in [-0.05, 0) is 25.7 Å². The summed E-state index contributed by atoms with van der Waals surface area (Å²) in [4.78, 5) is 36.1. The van der Waals surface area contributed by atoms with Gasteiger partial charge in [0.2, 0.25) is 11.8 Å². The van der Waals surface area contributed by atoms with E-state index in [1.165, 1.54) is 128 Å². The zero-order chi connectivity index (χ0) is 33.9. The van der Waals surface area contributed by atoms with Crippen LogP contribution >= 0.6 is 0 Å². The Morgan fingerprint density at radius 2 is 0.978 bits per heavy atom. The van der Waals surface area contributed by atoms with Crippen LogP contribution in [0.25, 0.3) is 0 Å². The lowest BCUT2D eigenvalue weighted by atomic mass is 10.0. The Bertz CT molecular complexity index is 752. The van der Waals surface area contributed by atoms with Crippen LogP contribution in [0.2, 0.25) is 0 Å². The van der Waals surface area contributed by atoms with Crippen LogP contribution in [0.5, 0.6) is 0 Å². The summed E-state index contributed by atoms with van der Waals surface area (Å²) < 4.78 is 0. The second-order valence-corrected chi connectivity index (χ2v) is 13.1. The second kappa shape index (κ2) is 34.0. The van der Waals surface area contributed by atoms with Gasteiger partial charge in [-0.3, -0.25) is 15.0 Å². The summed E-state index contributed by atoms with van der Waals surface area (Å²) >= 11 is 0. The molecule has 0 spiro atoms. The molecule has 1 atom stereocenters. The van der Waals surface area contributed by atoms with Gasteiger partial charge in [0, 0.05) is 19.5 Å². The van der Waals surface area contributed by atoms with Gasteiger partial charge in [-0.25, -0.2) is 10.1 Å². The Kier molecular flexibility index (Phi) is 32.2. The van der Waals surface area contributed by atoms with Crippen LogP contribution in [-0.2, 0) is 9.59 Å². The number of rotatable bonds is 34. The number of carbonyl (C=O) groups is 2. The van der Waals surface area contributed by atoms with Crippen LogP contribution in [0, 0.1) is 15.5 Å². The predicted octanol–water partition coefficient (Wildman–Crippen LogP) is 8.86. The minimum atomic E-state index is -0.794. The van der Waals surface area contributed by atoms with Gasteiger partial charge in [0.1, 0.15) is 6.04 Å². The van der Waals surface area contributed by atoms with E-state index in [1.807, 2.05) is 0 Å². The number of nitro groups is 1. The second-order valence-electron chi connectivity index (χ2n) is 13.1. The first-order valence-corrected chi connectivity index (χ1v) is 19.2. The lowest BCUT2D eigenvalue weighted by molar-refractivity contribution is -0.525. The average Bonchev–Trinajstić information content (AvgIpc) is 3.02. The summed E-state index contributed by atoms with van der Waals surface area (Å²) in [7, 11) is 0. The molecular formula is C36H72N6O4. The number of amides is 2. The van der Waals surface area contributed by atoms with Crippen LogP contribution < -0.4 is 21.4 Å². The Labute approximate surface area is 281 Å². The molecule has 10 nitrogen and oxygen atoms in total. The maximum Gasteiger partial charge on any atom is 0.251 e. The summed E-state index contributed by atoms with van der Waals surface area (Å²) in [5.41, 5.74) is 1.76. The molecule has 0 rings (SSSR count). The van der Waals surface area contributed by atoms with E-state index in [0.29, 0.717) is 25.8 Å². The van der Waals surface area contributed by atoms with Crippen LogP contribution in [0.1, 0.15) is 194 Å². The Hall–Kier alpha value is -2.39. The van der Waals surface area contributed by atoms with Gasteiger partial charge in [-0.1, -0.05) is 167 Å². The van der Waals surface area contributed by atoms with Gasteiger partial charge < -0.3 is 16.0 Å². The largest absolute Gasteiger partial charge is 0.354 e. The molecule has 0 aliphatic rings. The number of guanidine groups is 1. The van der Waals surface area contributed by atoms with E-state index in [2.05, 4.69) is 29.8 Å². The van der Waals surface area contributed by atoms with E-state index >= 15 is 0 Å². The number of unbranched alkanes of at least 4 members (excludes halogenated alkanes) is 23. The van der Waals surface area contributed by atoms with Gasteiger partial charge >= 0.3 is 0 Å². The minimum Gasteiger partial charge on any atom is -0.354 e. The lowest BCUT2D eigenvalue weighted by Crippen LogP contribution is -2.47. The third-order valence-electron chi connectivity index (χ3n) is 8.66. The highest BCUT2D eigenvalue weighted by atomic mass is 16.7. The fourth-order valence-corrected chi connectivity index (χ4v) is 5.79. The summed E-state index contributed by atoms with van der Waals surface area (Å²) in [6.45, 7) is 5.38. The standard InChI is InChI=1S/C36H72N6O4/c1-3-5-7-9-11-13-15-16-17-18-19-20-22-24-26-30-34(43)40-33(29-28-32-39-36(37)41-42(45)46)35(44)38-31-27-25-23-21-14-12-10-8-6-4-2/h33H,3-32H2,1-2H3,(H,38,44)(H,40,43)(H3,37,39,41). The van der Waals surface area contributed by atoms with Crippen LogP contribution in [-0.4, -0.2) is 41.9 Å². The quantitative estimate of drug-likeness (QED) is 0.0154. The number of nitrogens with one attached hydrogen (secondary N) is 5. The van der Waals surface area contributed by atoms with Crippen LogP contribution in [0.15, 0.2) is 0 Å². The molecule has 2 amide bonds. The lowest BCUT2D eigenvalue weighted by Gasteiger charge is -2.19. The number of hydrazine groups is 1. The molecular weight excluding hydrogens is 580 g/mol. The number of nitrogens with zero attached hydrogens (tertiary/aromatic N) is 1. The van der Waals surface area contributed by atoms with Crippen molar-refractivity contribution >= 4 is 17.8 Å². The van der Waals surface area contributed by atoms with Gasteiger partial charge in [0.25, 0.3) is 5.96 Å². The number of hydrogen-bond donors (Lipinski definition) is 5. The average molecular weight is 653 g/mol. The molecule has 0 aromatic heterocycles. The highest BCUT2D eigenvalue weighted by Gasteiger charge is 2.20. The smallest absolute Gasteiger partial charge is 0.251 e. The fraction of sp³-hybridized carbons (Fsp3) is 0.917. The maximum absolute atomic E-state index is 12.9. The monoisotopic (exact) mass is 653 g/mol. The van der Waals surface area contributed by atoms with Crippen molar-refractivity contribution in [3.05, 3.63) is 10.1 Å². The first-order chi connectivity index (χ1) is 22.4. The van der Waals surface area contributed by atoms with E-state index in [9.17, 15) is 19.7 Å². The summed E-state index contributed by atoms with van der Waals surface area (Å²) in [5, 5.41) is 25.7. The van der Waals surface area contributed by atoms with Crippen molar-refractivity contribution in [1.82, 2.24) is 21.4 Å². The van der Waals surface area contributed by atoms with Crippen molar-refractivity contribution in [2.45, 2.75) is 200 Å². The van der Waals surface area contributed by atoms with Gasteiger partial charge in [-0.15, -0.1) is 0 Å². The predicted molar refractivity (Wildman–Crippen MR) is 191 cm³/mol. The summed E-state index contributed by atoms with van der Waals surface area (Å²) in [6, 6.07) is -0.647. The SMILES string of the molecule is CCCCCCCCCCCCCCCCCC(=O)NC(CCCNC(=N)N[N+](=O)[O-])C(=O)NCCCCCCCCCCCC. The molecule has 0 aliphatic heterocycles. The molecule has 0 saturated heterocycles. The van der Waals surface area contributed by atoms with E-state index in [0.717, 1.165) is 32.1 Å². The molecule has 0 radical (unpaired) electrons. The van der Waals surface area contributed by atoms with Gasteiger partial charge in [-0.2, -0.15) is 0 Å². The molecule has 1 unspecified atom stereocenters. The van der Waals surface area contributed by atoms with Gasteiger partial charge in [0.05, 0.1) is 0 Å². The summed E-state index contributed by atoms with van der Waals surface area (Å²) in [6.07, 6.45) is 32.7. The third kappa shape index (κ3) is 31.6. The minimum absolute atomic E-state index is 0.107. The third-order valence-corrected chi connectivity index (χ3v) is 8.66. The molecule has 0 aromatic rings. The van der Waals surface area contributed by atoms with Crippen molar-refractivity contribution < 1.29 is 14.6 Å². The Balaban J connectivity index is 4.18. The first kappa shape index (κ1) is 43.6. The van der Waals surface area contributed by atoms with Crippen molar-refractivity contribution in [2.24, 2.45) is 0 Å². The molecule has 0 saturated carbocycles. The molecule has 0 bridgehead atoms. The van der Waals surface area contributed by atoms with Crippen LogP contribution in [0.4, 0.5) is 0 Å². The topological polar surface area (TPSA) is 149 Å². The van der Waals surface area contributed by atoms with E-state index < -0.39 is 17.0 Å². The van der Waals surface area contributed by atoms with Gasteiger partial charge in [0.15, 0.2) is 5.03 Å². The normalized spacial score (nSPS) is 11.6. The Morgan fingerprint density at radius 3 is 1.41 bits per heavy atom. The molecule has 0 heterocycles. The number of carbonyl (C=O) groups excluding carboxylic acids is 2. The summed E-state index contributed by atoms with van der Waals surface area (Å²) in [5.74, 6) is -0.687. The molecule has 0 fully saturated rings. The van der Waals surface area contributed by atoms with E-state index in [-0.39, 0.29) is 18.4 Å². The van der Waals surface area contributed by atoms with Crippen molar-refractivity contribution in [3.8, 4) is 0 Å². The van der Waals surface area contributed by atoms with E-state index in [1.54, 1.807) is 5.43 Å². The molecule has 46 heavy (non-hydrogen) atoms. The molecule has 0 aromatic carbocycles. The van der Waals surface area contributed by atoms with Crippen LogP contribution in [0.3, 0.4) is 0 Å². The van der Waals surface area contributed by atoms with E-state index in [4.69, 9.17) is 5.41 Å². The fourth-order valence-electron chi connectivity index (χ4n) is 5.79. The highest BCUT2D eigenvalue weighted by molar-refractivity contribution is 5.87. The molecule has 270 valence electrons. The number of hydrogen-bond acceptors (Lipinski definition) is 5.